The molecule has 0 radical (unpaired) electrons. The number of halogens is 1. The van der Waals surface area contributed by atoms with Gasteiger partial charge in [-0.2, -0.15) is 0 Å². The fourth-order valence-corrected chi connectivity index (χ4v) is 3.84. The first kappa shape index (κ1) is 20.6. The van der Waals surface area contributed by atoms with Crippen LogP contribution in [0.3, 0.4) is 0 Å². The Kier molecular flexibility index (Phi) is 7.30. The van der Waals surface area contributed by atoms with E-state index in [-0.39, 0.29) is 12.1 Å². The minimum absolute atomic E-state index is 0.0200. The first-order valence-corrected chi connectivity index (χ1v) is 10.3. The van der Waals surface area contributed by atoms with Gasteiger partial charge in [0.25, 0.3) is 0 Å². The van der Waals surface area contributed by atoms with Gasteiger partial charge in [-0.3, -0.25) is 0 Å². The third-order valence-corrected chi connectivity index (χ3v) is 5.44. The number of carbonyl (C=O) groups is 1. The molecular formula is C24H28ClNO2. The Morgan fingerprint density at radius 2 is 1.68 bits per heavy atom. The van der Waals surface area contributed by atoms with Gasteiger partial charge in [-0.25, -0.2) is 4.79 Å². The van der Waals surface area contributed by atoms with Crippen molar-refractivity contribution in [3.8, 4) is 0 Å². The van der Waals surface area contributed by atoms with E-state index in [1.165, 1.54) is 17.2 Å². The lowest BCUT2D eigenvalue weighted by Crippen LogP contribution is -2.23. The number of rotatable bonds is 6. The highest BCUT2D eigenvalue weighted by Gasteiger charge is 2.24. The molecule has 2 aromatic carbocycles. The van der Waals surface area contributed by atoms with Crippen LogP contribution in [0.1, 0.15) is 48.3 Å². The van der Waals surface area contributed by atoms with Gasteiger partial charge in [-0.15, -0.1) is 0 Å². The van der Waals surface area contributed by atoms with Crippen LogP contribution >= 0.6 is 11.6 Å². The van der Waals surface area contributed by atoms with E-state index in [2.05, 4.69) is 43.3 Å². The molecule has 3 nitrogen and oxygen atoms in total. The van der Waals surface area contributed by atoms with E-state index in [1.807, 2.05) is 12.1 Å². The minimum Gasteiger partial charge on any atom is -0.459 e. The molecule has 0 atom stereocenters. The maximum absolute atomic E-state index is 12.1. The molecule has 1 aliphatic carbocycles. The van der Waals surface area contributed by atoms with Gasteiger partial charge in [-0.05, 0) is 80.6 Å². The van der Waals surface area contributed by atoms with E-state index in [4.69, 9.17) is 16.3 Å². The highest BCUT2D eigenvalue weighted by molar-refractivity contribution is 6.30. The Balaban J connectivity index is 1.45. The predicted molar refractivity (Wildman–Crippen MR) is 115 cm³/mol. The topological polar surface area (TPSA) is 29.5 Å². The van der Waals surface area contributed by atoms with Gasteiger partial charge in [0, 0.05) is 17.6 Å². The summed E-state index contributed by atoms with van der Waals surface area (Å²) in [4.78, 5) is 14.3. The van der Waals surface area contributed by atoms with E-state index < -0.39 is 0 Å². The zero-order chi connectivity index (χ0) is 19.9. The molecule has 2 aromatic rings. The molecule has 28 heavy (non-hydrogen) atoms. The number of benzene rings is 2. The lowest BCUT2D eigenvalue weighted by atomic mass is 9.82. The number of hydrogen-bond acceptors (Lipinski definition) is 3. The van der Waals surface area contributed by atoms with Crippen LogP contribution in [0.2, 0.25) is 5.02 Å². The molecular weight excluding hydrogens is 370 g/mol. The van der Waals surface area contributed by atoms with Crippen molar-refractivity contribution in [1.29, 1.82) is 0 Å². The fourth-order valence-electron chi connectivity index (χ4n) is 3.72. The summed E-state index contributed by atoms with van der Waals surface area (Å²) in [6.07, 6.45) is 7.25. The number of esters is 1. The van der Waals surface area contributed by atoms with Crippen molar-refractivity contribution >= 4 is 23.6 Å². The van der Waals surface area contributed by atoms with Crippen LogP contribution in [0.5, 0.6) is 0 Å². The Morgan fingerprint density at radius 3 is 2.29 bits per heavy atom. The second-order valence-electron chi connectivity index (χ2n) is 7.77. The van der Waals surface area contributed by atoms with Crippen LogP contribution in [0.25, 0.3) is 6.08 Å². The number of hydrogen-bond donors (Lipinski definition) is 0. The molecule has 0 bridgehead atoms. The number of nitrogens with zero attached hydrogens (tertiary/aromatic N) is 1. The molecule has 4 heteroatoms. The van der Waals surface area contributed by atoms with Crippen molar-refractivity contribution < 1.29 is 9.53 Å². The average Bonchev–Trinajstić information content (AvgIpc) is 2.68. The smallest absolute Gasteiger partial charge is 0.331 e. The summed E-state index contributed by atoms with van der Waals surface area (Å²) in [5.41, 5.74) is 3.67. The zero-order valence-corrected chi connectivity index (χ0v) is 17.4. The van der Waals surface area contributed by atoms with E-state index in [9.17, 15) is 4.79 Å². The number of carbonyl (C=O) groups excluding carboxylic acids is 1. The van der Waals surface area contributed by atoms with Crippen molar-refractivity contribution in [2.24, 2.45) is 0 Å². The van der Waals surface area contributed by atoms with Gasteiger partial charge in [-0.1, -0.05) is 48.0 Å². The quantitative estimate of drug-likeness (QED) is 0.463. The molecule has 1 fully saturated rings. The third kappa shape index (κ3) is 6.22. The Morgan fingerprint density at radius 1 is 1.04 bits per heavy atom. The van der Waals surface area contributed by atoms with Gasteiger partial charge in [0.05, 0.1) is 0 Å². The highest BCUT2D eigenvalue weighted by Crippen LogP contribution is 2.34. The maximum atomic E-state index is 12.1. The fraction of sp³-hybridized carbons (Fsp3) is 0.375. The average molecular weight is 398 g/mol. The summed E-state index contributed by atoms with van der Waals surface area (Å²) >= 11 is 5.87. The van der Waals surface area contributed by atoms with E-state index in [1.54, 1.807) is 18.2 Å². The summed E-state index contributed by atoms with van der Waals surface area (Å²) in [5, 5.41) is 0.684. The maximum Gasteiger partial charge on any atom is 0.331 e. The predicted octanol–water partition coefficient (Wildman–Crippen LogP) is 5.68. The molecule has 1 saturated carbocycles. The standard InChI is InChI=1S/C24H28ClNO2/c1-26(2)17-19-3-8-20(9-4-19)21-10-14-23(15-11-21)28-24(27)16-7-18-5-12-22(25)13-6-18/h3-9,12-13,16,21,23H,10-11,14-15,17H2,1-2H3/b16-7+/t21-,23+. The molecule has 0 amide bonds. The van der Waals surface area contributed by atoms with Crippen LogP contribution in [0.4, 0.5) is 0 Å². The van der Waals surface area contributed by atoms with Crippen LogP contribution in [0, 0.1) is 0 Å². The van der Waals surface area contributed by atoms with Crippen LogP contribution in [0.15, 0.2) is 54.6 Å². The van der Waals surface area contributed by atoms with Crippen LogP contribution < -0.4 is 0 Å². The Labute approximate surface area is 173 Å². The molecule has 0 spiro atoms. The summed E-state index contributed by atoms with van der Waals surface area (Å²) < 4.78 is 5.63. The molecule has 0 aliphatic heterocycles. The molecule has 3 rings (SSSR count). The van der Waals surface area contributed by atoms with E-state index in [0.717, 1.165) is 37.8 Å². The molecule has 0 aromatic heterocycles. The highest BCUT2D eigenvalue weighted by atomic mass is 35.5. The largest absolute Gasteiger partial charge is 0.459 e. The first-order valence-electron chi connectivity index (χ1n) is 9.87. The van der Waals surface area contributed by atoms with Gasteiger partial charge < -0.3 is 9.64 Å². The van der Waals surface area contributed by atoms with Gasteiger partial charge >= 0.3 is 5.97 Å². The molecule has 0 N–H and O–H groups in total. The summed E-state index contributed by atoms with van der Waals surface area (Å²) in [6, 6.07) is 16.3. The third-order valence-electron chi connectivity index (χ3n) is 5.19. The monoisotopic (exact) mass is 397 g/mol. The van der Waals surface area contributed by atoms with Gasteiger partial charge in [0.2, 0.25) is 0 Å². The molecule has 148 valence electrons. The Hall–Kier alpha value is -2.10. The van der Waals surface area contributed by atoms with Gasteiger partial charge in [0.1, 0.15) is 6.10 Å². The zero-order valence-electron chi connectivity index (χ0n) is 16.6. The summed E-state index contributed by atoms with van der Waals surface area (Å²) in [6.45, 7) is 0.965. The van der Waals surface area contributed by atoms with Crippen LogP contribution in [-0.2, 0) is 16.1 Å². The first-order chi connectivity index (χ1) is 13.5. The normalized spacial score (nSPS) is 19.9. The summed E-state index contributed by atoms with van der Waals surface area (Å²) in [7, 11) is 4.17. The second kappa shape index (κ2) is 9.90. The Bertz CT molecular complexity index is 788. The molecule has 0 unspecified atom stereocenters. The van der Waals surface area contributed by atoms with Crippen molar-refractivity contribution in [2.45, 2.75) is 44.2 Å². The van der Waals surface area contributed by atoms with Crippen LogP contribution in [-0.4, -0.2) is 31.1 Å². The minimum atomic E-state index is -0.272. The van der Waals surface area contributed by atoms with Gasteiger partial charge in [0.15, 0.2) is 0 Å². The second-order valence-corrected chi connectivity index (χ2v) is 8.21. The van der Waals surface area contributed by atoms with E-state index in [0.29, 0.717) is 10.9 Å². The van der Waals surface area contributed by atoms with Crippen molar-refractivity contribution in [2.75, 3.05) is 14.1 Å². The molecule has 0 saturated heterocycles. The van der Waals surface area contributed by atoms with Crippen molar-refractivity contribution in [3.63, 3.8) is 0 Å². The SMILES string of the molecule is CN(C)Cc1ccc([C@H]2CC[C@@H](OC(=O)/C=C/c3ccc(Cl)cc3)CC2)cc1. The molecule has 0 heterocycles. The number of ether oxygens (including phenoxy) is 1. The van der Waals surface area contributed by atoms with E-state index >= 15 is 0 Å². The summed E-state index contributed by atoms with van der Waals surface area (Å²) in [5.74, 6) is 0.291. The lowest BCUT2D eigenvalue weighted by molar-refractivity contribution is -0.144. The molecule has 1 aliphatic rings. The van der Waals surface area contributed by atoms with Crippen molar-refractivity contribution in [3.05, 3.63) is 76.3 Å². The van der Waals surface area contributed by atoms with Crippen molar-refractivity contribution in [1.82, 2.24) is 4.90 Å². The lowest BCUT2D eigenvalue weighted by Gasteiger charge is -2.28.